The van der Waals surface area contributed by atoms with Gasteiger partial charge in [0.05, 0.1) is 6.61 Å². The zero-order valence-electron chi connectivity index (χ0n) is 12.4. The van der Waals surface area contributed by atoms with Crippen molar-refractivity contribution in [3.8, 4) is 11.5 Å². The summed E-state index contributed by atoms with van der Waals surface area (Å²) in [5.41, 5.74) is 1.82. The second kappa shape index (κ2) is 7.88. The molecular formula is C18H18O4. The summed E-state index contributed by atoms with van der Waals surface area (Å²) < 4.78 is 11.4. The summed E-state index contributed by atoms with van der Waals surface area (Å²) >= 11 is 0. The molecule has 2 aromatic carbocycles. The van der Waals surface area contributed by atoms with Crippen LogP contribution in [0.2, 0.25) is 0 Å². The molecule has 0 unspecified atom stereocenters. The third-order valence-corrected chi connectivity index (χ3v) is 2.92. The van der Waals surface area contributed by atoms with Crippen molar-refractivity contribution in [1.29, 1.82) is 0 Å². The van der Waals surface area contributed by atoms with Crippen molar-refractivity contribution in [2.75, 3.05) is 6.61 Å². The second-order valence-corrected chi connectivity index (χ2v) is 4.59. The molecule has 0 atom stereocenters. The van der Waals surface area contributed by atoms with Crippen LogP contribution in [0.3, 0.4) is 0 Å². The molecule has 1 N–H and O–H groups in total. The van der Waals surface area contributed by atoms with E-state index in [4.69, 9.17) is 14.6 Å². The summed E-state index contributed by atoms with van der Waals surface area (Å²) in [7, 11) is 0. The summed E-state index contributed by atoms with van der Waals surface area (Å²) in [5.74, 6) is 0.256. The SMILES string of the molecule is CCOc1cc(/C=C\C(=O)O)ccc1OCc1ccccc1. The van der Waals surface area contributed by atoms with Crippen molar-refractivity contribution in [3.05, 3.63) is 65.7 Å². The lowest BCUT2D eigenvalue weighted by molar-refractivity contribution is -0.131. The molecule has 0 aliphatic heterocycles. The fourth-order valence-corrected chi connectivity index (χ4v) is 1.92. The molecule has 0 aromatic heterocycles. The van der Waals surface area contributed by atoms with Gasteiger partial charge >= 0.3 is 5.97 Å². The molecule has 0 radical (unpaired) electrons. The second-order valence-electron chi connectivity index (χ2n) is 4.59. The highest BCUT2D eigenvalue weighted by Crippen LogP contribution is 2.29. The number of carbonyl (C=O) groups is 1. The maximum Gasteiger partial charge on any atom is 0.328 e. The molecule has 0 fully saturated rings. The molecule has 22 heavy (non-hydrogen) atoms. The van der Waals surface area contributed by atoms with Crippen molar-refractivity contribution in [3.63, 3.8) is 0 Å². The average molecular weight is 298 g/mol. The third-order valence-electron chi connectivity index (χ3n) is 2.92. The Labute approximate surface area is 129 Å². The maximum atomic E-state index is 10.6. The van der Waals surface area contributed by atoms with Gasteiger partial charge in [0, 0.05) is 6.08 Å². The van der Waals surface area contributed by atoms with E-state index in [1.54, 1.807) is 18.2 Å². The van der Waals surface area contributed by atoms with E-state index in [0.717, 1.165) is 17.2 Å². The molecule has 114 valence electrons. The Kier molecular flexibility index (Phi) is 5.60. The predicted octanol–water partition coefficient (Wildman–Crippen LogP) is 3.76. The Morgan fingerprint density at radius 3 is 2.55 bits per heavy atom. The predicted molar refractivity (Wildman–Crippen MR) is 85.1 cm³/mol. The molecule has 2 aromatic rings. The Bertz CT molecular complexity index is 647. The highest BCUT2D eigenvalue weighted by molar-refractivity contribution is 5.85. The summed E-state index contributed by atoms with van der Waals surface area (Å²) in [5, 5.41) is 8.67. The van der Waals surface area contributed by atoms with Gasteiger partial charge in [0.15, 0.2) is 11.5 Å². The van der Waals surface area contributed by atoms with Crippen LogP contribution < -0.4 is 9.47 Å². The normalized spacial score (nSPS) is 10.6. The largest absolute Gasteiger partial charge is 0.490 e. The lowest BCUT2D eigenvalue weighted by atomic mass is 10.2. The van der Waals surface area contributed by atoms with Gasteiger partial charge in [-0.3, -0.25) is 0 Å². The summed E-state index contributed by atoms with van der Waals surface area (Å²) in [6.45, 7) is 2.85. The molecule has 2 rings (SSSR count). The zero-order valence-corrected chi connectivity index (χ0v) is 12.4. The molecule has 4 heteroatoms. The van der Waals surface area contributed by atoms with Crippen LogP contribution >= 0.6 is 0 Å². The van der Waals surface area contributed by atoms with Crippen LogP contribution in [0.15, 0.2) is 54.6 Å². The van der Waals surface area contributed by atoms with E-state index in [2.05, 4.69) is 0 Å². The van der Waals surface area contributed by atoms with Gasteiger partial charge in [-0.1, -0.05) is 36.4 Å². The van der Waals surface area contributed by atoms with Crippen molar-refractivity contribution >= 4 is 12.0 Å². The number of benzene rings is 2. The van der Waals surface area contributed by atoms with Crippen molar-refractivity contribution in [2.24, 2.45) is 0 Å². The minimum Gasteiger partial charge on any atom is -0.490 e. The van der Waals surface area contributed by atoms with Crippen LogP contribution in [0.4, 0.5) is 0 Å². The van der Waals surface area contributed by atoms with Gasteiger partial charge in [-0.15, -0.1) is 0 Å². The average Bonchev–Trinajstić information content (AvgIpc) is 2.53. The van der Waals surface area contributed by atoms with E-state index in [-0.39, 0.29) is 0 Å². The number of carboxylic acid groups (broad SMARTS) is 1. The van der Waals surface area contributed by atoms with Crippen molar-refractivity contribution < 1.29 is 19.4 Å². The van der Waals surface area contributed by atoms with E-state index in [0.29, 0.717) is 24.7 Å². The first kappa shape index (κ1) is 15.6. The standard InChI is InChI=1S/C18H18O4/c1-2-21-17-12-14(9-11-18(19)20)8-10-16(17)22-13-15-6-4-3-5-7-15/h3-12H,2,13H2,1H3,(H,19,20)/b11-9-. The Morgan fingerprint density at radius 2 is 1.86 bits per heavy atom. The molecule has 0 saturated heterocycles. The number of hydrogen-bond donors (Lipinski definition) is 1. The van der Waals surface area contributed by atoms with Crippen LogP contribution in [0.25, 0.3) is 6.08 Å². The van der Waals surface area contributed by atoms with Crippen LogP contribution in [-0.4, -0.2) is 17.7 Å². The van der Waals surface area contributed by atoms with Crippen LogP contribution in [0, 0.1) is 0 Å². The van der Waals surface area contributed by atoms with Crippen LogP contribution in [0.1, 0.15) is 18.1 Å². The Balaban J connectivity index is 2.14. The minimum atomic E-state index is -0.984. The van der Waals surface area contributed by atoms with E-state index >= 15 is 0 Å². The van der Waals surface area contributed by atoms with Crippen LogP contribution in [-0.2, 0) is 11.4 Å². The van der Waals surface area contributed by atoms with Gasteiger partial charge in [-0.05, 0) is 36.3 Å². The van der Waals surface area contributed by atoms with Gasteiger partial charge < -0.3 is 14.6 Å². The van der Waals surface area contributed by atoms with Gasteiger partial charge in [0.2, 0.25) is 0 Å². The maximum absolute atomic E-state index is 10.6. The summed E-state index contributed by atoms with van der Waals surface area (Å²) in [4.78, 5) is 10.6. The van der Waals surface area contributed by atoms with Crippen molar-refractivity contribution in [2.45, 2.75) is 13.5 Å². The van der Waals surface area contributed by atoms with Crippen molar-refractivity contribution in [1.82, 2.24) is 0 Å². The number of ether oxygens (including phenoxy) is 2. The number of rotatable bonds is 7. The first-order valence-electron chi connectivity index (χ1n) is 7.03. The topological polar surface area (TPSA) is 55.8 Å². The summed E-state index contributed by atoms with van der Waals surface area (Å²) in [6.07, 6.45) is 2.61. The third kappa shape index (κ3) is 4.66. The highest BCUT2D eigenvalue weighted by Gasteiger charge is 2.06. The molecule has 0 spiro atoms. The molecule has 0 aliphatic carbocycles. The number of aliphatic carboxylic acids is 1. The Morgan fingerprint density at radius 1 is 1.09 bits per heavy atom. The molecule has 0 aliphatic rings. The smallest absolute Gasteiger partial charge is 0.328 e. The molecule has 0 bridgehead atoms. The molecule has 0 saturated carbocycles. The van der Waals surface area contributed by atoms with E-state index in [9.17, 15) is 4.79 Å². The number of hydrogen-bond acceptors (Lipinski definition) is 3. The fraction of sp³-hybridized carbons (Fsp3) is 0.167. The van der Waals surface area contributed by atoms with Gasteiger partial charge in [0.1, 0.15) is 6.61 Å². The Hall–Kier alpha value is -2.75. The monoisotopic (exact) mass is 298 g/mol. The molecule has 0 heterocycles. The molecular weight excluding hydrogens is 280 g/mol. The first-order valence-corrected chi connectivity index (χ1v) is 7.03. The lowest BCUT2D eigenvalue weighted by Crippen LogP contribution is -2.00. The van der Waals surface area contributed by atoms with E-state index in [1.807, 2.05) is 37.3 Å². The lowest BCUT2D eigenvalue weighted by Gasteiger charge is -2.12. The quantitative estimate of drug-likeness (QED) is 0.791. The van der Waals surface area contributed by atoms with Crippen LogP contribution in [0.5, 0.6) is 11.5 Å². The fourth-order valence-electron chi connectivity index (χ4n) is 1.92. The number of carboxylic acids is 1. The first-order chi connectivity index (χ1) is 10.7. The van der Waals surface area contributed by atoms with Gasteiger partial charge in [0.25, 0.3) is 0 Å². The van der Waals surface area contributed by atoms with E-state index in [1.165, 1.54) is 6.08 Å². The molecule has 0 amide bonds. The minimum absolute atomic E-state index is 0.450. The zero-order chi connectivity index (χ0) is 15.8. The highest BCUT2D eigenvalue weighted by atomic mass is 16.5. The van der Waals surface area contributed by atoms with E-state index < -0.39 is 5.97 Å². The van der Waals surface area contributed by atoms with Gasteiger partial charge in [-0.2, -0.15) is 0 Å². The summed E-state index contributed by atoms with van der Waals surface area (Å²) in [6, 6.07) is 15.2. The molecule has 4 nitrogen and oxygen atoms in total. The van der Waals surface area contributed by atoms with Gasteiger partial charge in [-0.25, -0.2) is 4.79 Å².